The predicted octanol–water partition coefficient (Wildman–Crippen LogP) is 5.74. The van der Waals surface area contributed by atoms with Gasteiger partial charge in [-0.25, -0.2) is 0 Å². The number of carbonyl (C=O) groups is 1. The molecular weight excluding hydrogens is 302 g/mol. The number of hydrogen-bond donors (Lipinski definition) is 0. The van der Waals surface area contributed by atoms with Gasteiger partial charge in [0.2, 0.25) is 0 Å². The average molecular weight is 323 g/mol. The average Bonchev–Trinajstić information content (AvgIpc) is 2.90. The number of nitrogens with zero attached hydrogens (tertiary/aromatic N) is 1. The Morgan fingerprint density at radius 1 is 1.04 bits per heavy atom. The first-order valence-electron chi connectivity index (χ1n) is 8.09. The van der Waals surface area contributed by atoms with E-state index in [4.69, 9.17) is 0 Å². The summed E-state index contributed by atoms with van der Waals surface area (Å²) in [4.78, 5) is 15.6. The van der Waals surface area contributed by atoms with Gasteiger partial charge in [-0.2, -0.15) is 0 Å². The van der Waals surface area contributed by atoms with Gasteiger partial charge >= 0.3 is 0 Å². The van der Waals surface area contributed by atoms with Gasteiger partial charge in [-0.3, -0.25) is 4.79 Å². The molecule has 0 saturated carbocycles. The molecule has 1 unspecified atom stereocenters. The van der Waals surface area contributed by atoms with E-state index in [0.717, 1.165) is 29.9 Å². The van der Waals surface area contributed by atoms with Gasteiger partial charge < -0.3 is 4.90 Å². The van der Waals surface area contributed by atoms with Crippen LogP contribution in [0.3, 0.4) is 0 Å². The molecular formula is C20H21NOS. The van der Waals surface area contributed by atoms with Gasteiger partial charge in [0, 0.05) is 11.4 Å². The van der Waals surface area contributed by atoms with Crippen LogP contribution in [0.1, 0.15) is 36.9 Å². The van der Waals surface area contributed by atoms with Gasteiger partial charge in [0.05, 0.1) is 6.04 Å². The lowest BCUT2D eigenvalue weighted by molar-refractivity contribution is 0.214. The molecule has 1 aliphatic rings. The van der Waals surface area contributed by atoms with E-state index in [-0.39, 0.29) is 11.3 Å². The Morgan fingerprint density at radius 3 is 2.35 bits per heavy atom. The van der Waals surface area contributed by atoms with Crippen molar-refractivity contribution in [3.63, 3.8) is 0 Å². The van der Waals surface area contributed by atoms with Crippen LogP contribution in [-0.2, 0) is 0 Å². The normalized spacial score (nSPS) is 19.5. The Bertz CT molecular complexity index is 681. The molecule has 0 aromatic heterocycles. The number of carbonyl (C=O) groups excluding carboxylic acids is 1. The zero-order valence-electron chi connectivity index (χ0n) is 13.3. The van der Waals surface area contributed by atoms with Crippen molar-refractivity contribution in [2.45, 2.75) is 25.8 Å². The first kappa shape index (κ1) is 15.9. The van der Waals surface area contributed by atoms with Crippen molar-refractivity contribution < 1.29 is 4.79 Å². The van der Waals surface area contributed by atoms with Gasteiger partial charge in [-0.15, -0.1) is 0 Å². The second kappa shape index (κ2) is 7.51. The van der Waals surface area contributed by atoms with Crippen molar-refractivity contribution in [3.8, 4) is 0 Å². The highest BCUT2D eigenvalue weighted by Gasteiger charge is 2.36. The fourth-order valence-corrected chi connectivity index (χ4v) is 3.91. The van der Waals surface area contributed by atoms with E-state index in [0.29, 0.717) is 0 Å². The monoisotopic (exact) mass is 323 g/mol. The van der Waals surface area contributed by atoms with Crippen LogP contribution in [0.25, 0.3) is 6.08 Å². The summed E-state index contributed by atoms with van der Waals surface area (Å²) in [5.74, 6) is 0. The third-order valence-electron chi connectivity index (χ3n) is 4.00. The quantitative estimate of drug-likeness (QED) is 0.699. The SMILES string of the molecule is CCCCN1C(=O)S/C(=C\c2ccccc2)C1c1ccccc1. The smallest absolute Gasteiger partial charge is 0.287 e. The summed E-state index contributed by atoms with van der Waals surface area (Å²) >= 11 is 1.37. The third-order valence-corrected chi connectivity index (χ3v) is 4.98. The van der Waals surface area contributed by atoms with Crippen molar-refractivity contribution in [1.29, 1.82) is 0 Å². The summed E-state index contributed by atoms with van der Waals surface area (Å²) in [5, 5.41) is 0.162. The number of unbranched alkanes of at least 4 members (excludes halogenated alkanes) is 1. The van der Waals surface area contributed by atoms with Crippen LogP contribution in [0.2, 0.25) is 0 Å². The van der Waals surface area contributed by atoms with Crippen LogP contribution in [0, 0.1) is 0 Å². The van der Waals surface area contributed by atoms with E-state index < -0.39 is 0 Å². The summed E-state index contributed by atoms with van der Waals surface area (Å²) in [5.41, 5.74) is 2.32. The fourth-order valence-electron chi connectivity index (χ4n) is 2.82. The van der Waals surface area contributed by atoms with E-state index in [2.05, 4.69) is 37.3 Å². The van der Waals surface area contributed by atoms with Crippen LogP contribution < -0.4 is 0 Å². The van der Waals surface area contributed by atoms with Crippen LogP contribution in [0.15, 0.2) is 65.6 Å². The topological polar surface area (TPSA) is 20.3 Å². The van der Waals surface area contributed by atoms with Crippen molar-refractivity contribution in [2.75, 3.05) is 6.54 Å². The highest BCUT2D eigenvalue weighted by Crippen LogP contribution is 2.45. The molecule has 1 heterocycles. The van der Waals surface area contributed by atoms with Crippen molar-refractivity contribution >= 4 is 23.1 Å². The molecule has 0 spiro atoms. The molecule has 0 radical (unpaired) electrons. The Hall–Kier alpha value is -2.00. The molecule has 23 heavy (non-hydrogen) atoms. The molecule has 2 aromatic rings. The predicted molar refractivity (Wildman–Crippen MR) is 98.2 cm³/mol. The summed E-state index contributed by atoms with van der Waals surface area (Å²) < 4.78 is 0. The molecule has 1 fully saturated rings. The van der Waals surface area contributed by atoms with Crippen molar-refractivity contribution in [3.05, 3.63) is 76.7 Å². The molecule has 3 heteroatoms. The molecule has 1 atom stereocenters. The Balaban J connectivity index is 1.97. The van der Waals surface area contributed by atoms with Crippen LogP contribution in [-0.4, -0.2) is 16.7 Å². The molecule has 2 nitrogen and oxygen atoms in total. The van der Waals surface area contributed by atoms with Crippen molar-refractivity contribution in [1.82, 2.24) is 4.90 Å². The molecule has 0 N–H and O–H groups in total. The molecule has 1 amide bonds. The number of benzene rings is 2. The minimum Gasteiger partial charge on any atom is -0.322 e. The zero-order valence-corrected chi connectivity index (χ0v) is 14.1. The Labute approximate surface area is 142 Å². The van der Waals surface area contributed by atoms with Crippen LogP contribution >= 0.6 is 11.8 Å². The minimum atomic E-state index is 0.0421. The molecule has 0 aliphatic carbocycles. The maximum atomic E-state index is 12.5. The Kier molecular flexibility index (Phi) is 5.19. The van der Waals surface area contributed by atoms with Gasteiger partial charge in [0.25, 0.3) is 5.24 Å². The largest absolute Gasteiger partial charge is 0.322 e. The van der Waals surface area contributed by atoms with Crippen LogP contribution in [0.5, 0.6) is 0 Å². The molecule has 2 aromatic carbocycles. The summed E-state index contributed by atoms with van der Waals surface area (Å²) in [6, 6.07) is 20.6. The maximum Gasteiger partial charge on any atom is 0.287 e. The Morgan fingerprint density at radius 2 is 1.70 bits per heavy atom. The minimum absolute atomic E-state index is 0.0421. The highest BCUT2D eigenvalue weighted by atomic mass is 32.2. The second-order valence-electron chi connectivity index (χ2n) is 5.69. The second-order valence-corrected chi connectivity index (χ2v) is 6.71. The zero-order chi connectivity index (χ0) is 16.1. The number of amides is 1. The molecule has 1 saturated heterocycles. The first-order valence-corrected chi connectivity index (χ1v) is 8.91. The summed E-state index contributed by atoms with van der Waals surface area (Å²) in [6.07, 6.45) is 4.27. The molecule has 1 aliphatic heterocycles. The number of hydrogen-bond acceptors (Lipinski definition) is 2. The number of rotatable bonds is 5. The van der Waals surface area contributed by atoms with Crippen molar-refractivity contribution in [2.24, 2.45) is 0 Å². The summed E-state index contributed by atoms with van der Waals surface area (Å²) in [7, 11) is 0. The molecule has 118 valence electrons. The molecule has 3 rings (SSSR count). The third kappa shape index (κ3) is 3.67. The lowest BCUT2D eigenvalue weighted by Gasteiger charge is -2.24. The van der Waals surface area contributed by atoms with E-state index >= 15 is 0 Å². The van der Waals surface area contributed by atoms with Gasteiger partial charge in [-0.05, 0) is 35.4 Å². The van der Waals surface area contributed by atoms with Gasteiger partial charge in [0.15, 0.2) is 0 Å². The van der Waals surface area contributed by atoms with E-state index in [9.17, 15) is 4.79 Å². The van der Waals surface area contributed by atoms with E-state index in [1.54, 1.807) is 0 Å². The van der Waals surface area contributed by atoms with Crippen LogP contribution in [0.4, 0.5) is 4.79 Å². The standard InChI is InChI=1S/C20H21NOS/c1-2-3-14-21-19(17-12-8-5-9-13-17)18(23-20(21)22)15-16-10-6-4-7-11-16/h4-13,15,19H,2-3,14H2,1H3/b18-15-. The van der Waals surface area contributed by atoms with Gasteiger partial charge in [0.1, 0.15) is 0 Å². The lowest BCUT2D eigenvalue weighted by Crippen LogP contribution is -2.27. The highest BCUT2D eigenvalue weighted by molar-refractivity contribution is 8.17. The summed E-state index contributed by atoms with van der Waals surface area (Å²) in [6.45, 7) is 2.97. The lowest BCUT2D eigenvalue weighted by atomic mass is 10.0. The molecule has 0 bridgehead atoms. The first-order chi connectivity index (χ1) is 11.3. The maximum absolute atomic E-state index is 12.5. The van der Waals surface area contributed by atoms with Gasteiger partial charge in [-0.1, -0.05) is 74.0 Å². The van der Waals surface area contributed by atoms with E-state index in [1.165, 1.54) is 17.3 Å². The fraction of sp³-hybridized carbons (Fsp3) is 0.250. The number of thioether (sulfide) groups is 1. The van der Waals surface area contributed by atoms with E-state index in [1.807, 2.05) is 41.3 Å².